The van der Waals surface area contributed by atoms with Crippen molar-refractivity contribution in [3.05, 3.63) is 0 Å². The van der Waals surface area contributed by atoms with Gasteiger partial charge in [-0.2, -0.15) is 0 Å². The van der Waals surface area contributed by atoms with Crippen LogP contribution in [0.3, 0.4) is 0 Å². The minimum atomic E-state index is -0.765. The molecule has 1 unspecified atom stereocenters. The molecule has 0 amide bonds. The largest absolute Gasteiger partial charge is 0.481 e. The second-order valence-corrected chi connectivity index (χ2v) is 4.55. The third-order valence-electron chi connectivity index (χ3n) is 1.57. The molecule has 0 aliphatic rings. The fourth-order valence-electron chi connectivity index (χ4n) is 0.820. The molecule has 0 spiro atoms. The minimum absolute atomic E-state index is 0.198. The monoisotopic (exact) mass is 207 g/mol. The summed E-state index contributed by atoms with van der Waals surface area (Å²) >= 11 is 0. The van der Waals surface area contributed by atoms with Crippen LogP contribution in [0.15, 0.2) is 0 Å². The number of hydrogen-bond acceptors (Lipinski definition) is 3. The standard InChI is InChI=1S/C8H17NO3S/c1-2-13(12)7-6-9-5-3-4-8(10)11/h9H,2-7H2,1H3,(H,10,11). The summed E-state index contributed by atoms with van der Waals surface area (Å²) in [5.74, 6) is 0.583. The van der Waals surface area contributed by atoms with Gasteiger partial charge in [0.15, 0.2) is 0 Å². The molecule has 0 aliphatic carbocycles. The van der Waals surface area contributed by atoms with Crippen molar-refractivity contribution in [2.45, 2.75) is 19.8 Å². The molecule has 0 saturated carbocycles. The Hall–Kier alpha value is -0.420. The number of nitrogens with one attached hydrogen (secondary N) is 1. The van der Waals surface area contributed by atoms with Crippen LogP contribution < -0.4 is 5.32 Å². The highest BCUT2D eigenvalue weighted by atomic mass is 32.2. The Kier molecular flexibility index (Phi) is 7.93. The van der Waals surface area contributed by atoms with Crippen molar-refractivity contribution < 1.29 is 14.1 Å². The van der Waals surface area contributed by atoms with E-state index in [2.05, 4.69) is 5.32 Å². The van der Waals surface area contributed by atoms with Crippen molar-refractivity contribution >= 4 is 16.8 Å². The van der Waals surface area contributed by atoms with E-state index in [-0.39, 0.29) is 6.42 Å². The molecule has 0 saturated heterocycles. The van der Waals surface area contributed by atoms with E-state index in [1.165, 1.54) is 0 Å². The highest BCUT2D eigenvalue weighted by Crippen LogP contribution is 1.86. The number of rotatable bonds is 8. The molecule has 5 heteroatoms. The minimum Gasteiger partial charge on any atom is -0.481 e. The molecule has 0 aromatic heterocycles. The molecule has 0 fully saturated rings. The van der Waals surface area contributed by atoms with Crippen LogP contribution in [0.4, 0.5) is 0 Å². The smallest absolute Gasteiger partial charge is 0.303 e. The maximum atomic E-state index is 10.9. The van der Waals surface area contributed by atoms with Gasteiger partial charge in [0.2, 0.25) is 0 Å². The topological polar surface area (TPSA) is 66.4 Å². The van der Waals surface area contributed by atoms with E-state index < -0.39 is 16.8 Å². The first kappa shape index (κ1) is 12.6. The van der Waals surface area contributed by atoms with Gasteiger partial charge in [-0.05, 0) is 13.0 Å². The number of carboxylic acid groups (broad SMARTS) is 1. The lowest BCUT2D eigenvalue weighted by atomic mass is 10.3. The van der Waals surface area contributed by atoms with E-state index in [0.29, 0.717) is 31.0 Å². The summed E-state index contributed by atoms with van der Waals surface area (Å²) in [6, 6.07) is 0. The lowest BCUT2D eigenvalue weighted by molar-refractivity contribution is -0.137. The van der Waals surface area contributed by atoms with E-state index in [1.807, 2.05) is 6.92 Å². The zero-order chi connectivity index (χ0) is 10.1. The van der Waals surface area contributed by atoms with Gasteiger partial charge < -0.3 is 10.4 Å². The van der Waals surface area contributed by atoms with Crippen LogP contribution in [0.2, 0.25) is 0 Å². The predicted molar refractivity (Wildman–Crippen MR) is 53.3 cm³/mol. The fraction of sp³-hybridized carbons (Fsp3) is 0.875. The third-order valence-corrected chi connectivity index (χ3v) is 2.88. The van der Waals surface area contributed by atoms with Crippen molar-refractivity contribution in [2.24, 2.45) is 0 Å². The highest BCUT2D eigenvalue weighted by Gasteiger charge is 1.97. The van der Waals surface area contributed by atoms with Crippen LogP contribution >= 0.6 is 0 Å². The summed E-state index contributed by atoms with van der Waals surface area (Å²) in [4.78, 5) is 10.1. The van der Waals surface area contributed by atoms with E-state index in [4.69, 9.17) is 5.11 Å². The number of carboxylic acids is 1. The summed E-state index contributed by atoms with van der Waals surface area (Å²) in [5.41, 5.74) is 0. The zero-order valence-corrected chi connectivity index (χ0v) is 8.73. The molecule has 4 nitrogen and oxygen atoms in total. The van der Waals surface area contributed by atoms with Crippen LogP contribution in [-0.4, -0.2) is 39.9 Å². The van der Waals surface area contributed by atoms with E-state index in [9.17, 15) is 9.00 Å². The molecular weight excluding hydrogens is 190 g/mol. The number of hydrogen-bond donors (Lipinski definition) is 2. The molecule has 0 aliphatic heterocycles. The molecule has 0 radical (unpaired) electrons. The van der Waals surface area contributed by atoms with Crippen LogP contribution in [0.1, 0.15) is 19.8 Å². The van der Waals surface area contributed by atoms with Crippen LogP contribution in [0.25, 0.3) is 0 Å². The Labute approximate surface area is 81.2 Å². The molecule has 0 heterocycles. The maximum absolute atomic E-state index is 10.9. The van der Waals surface area contributed by atoms with Gasteiger partial charge in [0.05, 0.1) is 0 Å². The Morgan fingerprint density at radius 3 is 2.69 bits per heavy atom. The lowest BCUT2D eigenvalue weighted by Crippen LogP contribution is -2.22. The maximum Gasteiger partial charge on any atom is 0.303 e. The van der Waals surface area contributed by atoms with Crippen LogP contribution in [0, 0.1) is 0 Å². The summed E-state index contributed by atoms with van der Waals surface area (Å²) < 4.78 is 10.9. The van der Waals surface area contributed by atoms with Gasteiger partial charge in [0.25, 0.3) is 0 Å². The molecule has 13 heavy (non-hydrogen) atoms. The van der Waals surface area contributed by atoms with E-state index in [1.54, 1.807) is 0 Å². The first-order valence-corrected chi connectivity index (χ1v) is 5.93. The Balaban J connectivity index is 3.08. The molecule has 0 aromatic carbocycles. The summed E-state index contributed by atoms with van der Waals surface area (Å²) in [6.07, 6.45) is 0.831. The van der Waals surface area contributed by atoms with Gasteiger partial charge in [-0.15, -0.1) is 0 Å². The molecule has 0 aromatic rings. The molecule has 2 N–H and O–H groups in total. The average Bonchev–Trinajstić information content (AvgIpc) is 2.10. The van der Waals surface area contributed by atoms with Gasteiger partial charge in [-0.3, -0.25) is 9.00 Å². The zero-order valence-electron chi connectivity index (χ0n) is 7.91. The van der Waals surface area contributed by atoms with Crippen molar-refractivity contribution in [3.8, 4) is 0 Å². The molecule has 0 rings (SSSR count). The van der Waals surface area contributed by atoms with Crippen LogP contribution in [0.5, 0.6) is 0 Å². The molecular formula is C8H17NO3S. The van der Waals surface area contributed by atoms with Crippen molar-refractivity contribution in [2.75, 3.05) is 24.6 Å². The number of aliphatic carboxylic acids is 1. The fourth-order valence-corrected chi connectivity index (χ4v) is 1.48. The Morgan fingerprint density at radius 2 is 2.15 bits per heavy atom. The molecule has 78 valence electrons. The number of carbonyl (C=O) groups is 1. The lowest BCUT2D eigenvalue weighted by Gasteiger charge is -2.02. The first-order chi connectivity index (χ1) is 6.16. The van der Waals surface area contributed by atoms with E-state index in [0.717, 1.165) is 0 Å². The highest BCUT2D eigenvalue weighted by molar-refractivity contribution is 7.84. The van der Waals surface area contributed by atoms with Gasteiger partial charge >= 0.3 is 5.97 Å². The van der Waals surface area contributed by atoms with Crippen molar-refractivity contribution in [1.82, 2.24) is 5.32 Å². The second-order valence-electron chi connectivity index (χ2n) is 2.68. The van der Waals surface area contributed by atoms with Crippen molar-refractivity contribution in [1.29, 1.82) is 0 Å². The Morgan fingerprint density at radius 1 is 1.46 bits per heavy atom. The SMILES string of the molecule is CCS(=O)CCNCCCC(=O)O. The Bertz CT molecular complexity index is 173. The van der Waals surface area contributed by atoms with Gasteiger partial charge in [-0.1, -0.05) is 6.92 Å². The second kappa shape index (κ2) is 8.19. The predicted octanol–water partition coefficient (Wildman–Crippen LogP) is 0.209. The third kappa shape index (κ3) is 9.49. The normalized spacial score (nSPS) is 12.7. The average molecular weight is 207 g/mol. The quantitative estimate of drug-likeness (QED) is 0.558. The van der Waals surface area contributed by atoms with Crippen LogP contribution in [-0.2, 0) is 15.6 Å². The van der Waals surface area contributed by atoms with Crippen molar-refractivity contribution in [3.63, 3.8) is 0 Å². The van der Waals surface area contributed by atoms with E-state index >= 15 is 0 Å². The summed E-state index contributed by atoms with van der Waals surface area (Å²) in [7, 11) is -0.720. The molecule has 1 atom stereocenters. The molecule has 0 bridgehead atoms. The van der Waals surface area contributed by atoms with Gasteiger partial charge in [0.1, 0.15) is 0 Å². The summed E-state index contributed by atoms with van der Waals surface area (Å²) in [6.45, 7) is 3.29. The summed E-state index contributed by atoms with van der Waals surface area (Å²) in [5, 5.41) is 11.4. The first-order valence-electron chi connectivity index (χ1n) is 4.44. The van der Waals surface area contributed by atoms with Gasteiger partial charge in [0, 0.05) is 35.3 Å². The van der Waals surface area contributed by atoms with Gasteiger partial charge in [-0.25, -0.2) is 0 Å².